The molecule has 0 aliphatic rings. The molecule has 0 saturated heterocycles. The largest absolute Gasteiger partial charge is 0.478 e. The van der Waals surface area contributed by atoms with E-state index in [2.05, 4.69) is 5.32 Å². The summed E-state index contributed by atoms with van der Waals surface area (Å²) in [6, 6.07) is 5.19. The van der Waals surface area contributed by atoms with Gasteiger partial charge in [0.2, 0.25) is 0 Å². The first-order valence-corrected chi connectivity index (χ1v) is 5.76. The highest BCUT2D eigenvalue weighted by molar-refractivity contribution is 5.89. The van der Waals surface area contributed by atoms with E-state index in [1.54, 1.807) is 26.0 Å². The Balaban J connectivity index is 2.50. The lowest BCUT2D eigenvalue weighted by atomic mass is 10.1. The maximum atomic E-state index is 10.8. The summed E-state index contributed by atoms with van der Waals surface area (Å²) in [6.45, 7) is 4.33. The number of aliphatic hydroxyl groups is 1. The highest BCUT2D eigenvalue weighted by Gasteiger charge is 2.06. The molecule has 0 amide bonds. The molecule has 17 heavy (non-hydrogen) atoms. The van der Waals surface area contributed by atoms with Crippen molar-refractivity contribution in [2.75, 3.05) is 11.9 Å². The number of nitrogens with one attached hydrogen (secondary N) is 1. The summed E-state index contributed by atoms with van der Waals surface area (Å²) in [4.78, 5) is 10.8. The van der Waals surface area contributed by atoms with E-state index < -0.39 is 5.97 Å². The van der Waals surface area contributed by atoms with Gasteiger partial charge in [0.1, 0.15) is 0 Å². The Morgan fingerprint density at radius 1 is 1.47 bits per heavy atom. The predicted octanol–water partition coefficient (Wildman–Crippen LogP) is 2.27. The molecular weight excluding hydrogens is 218 g/mol. The molecule has 0 radical (unpaired) electrons. The second kappa shape index (κ2) is 6.25. The van der Waals surface area contributed by atoms with E-state index in [9.17, 15) is 4.79 Å². The van der Waals surface area contributed by atoms with Crippen LogP contribution < -0.4 is 5.32 Å². The Labute approximate surface area is 101 Å². The van der Waals surface area contributed by atoms with Gasteiger partial charge in [0.15, 0.2) is 0 Å². The number of carboxylic acids is 1. The van der Waals surface area contributed by atoms with Gasteiger partial charge in [-0.15, -0.1) is 0 Å². The van der Waals surface area contributed by atoms with Crippen molar-refractivity contribution in [3.8, 4) is 0 Å². The number of benzene rings is 1. The van der Waals surface area contributed by atoms with Gasteiger partial charge in [-0.1, -0.05) is 0 Å². The number of carboxylic acid groups (broad SMARTS) is 1. The first-order chi connectivity index (χ1) is 8.00. The van der Waals surface area contributed by atoms with Crippen molar-refractivity contribution >= 4 is 11.7 Å². The molecule has 0 heterocycles. The van der Waals surface area contributed by atoms with Crippen molar-refractivity contribution in [2.24, 2.45) is 0 Å². The van der Waals surface area contributed by atoms with E-state index in [-0.39, 0.29) is 6.10 Å². The maximum Gasteiger partial charge on any atom is 0.335 e. The molecule has 1 atom stereocenters. The molecule has 0 spiro atoms. The van der Waals surface area contributed by atoms with Crippen LogP contribution in [-0.4, -0.2) is 28.8 Å². The smallest absolute Gasteiger partial charge is 0.335 e. The summed E-state index contributed by atoms with van der Waals surface area (Å²) in [6.07, 6.45) is 1.38. The maximum absolute atomic E-state index is 10.8. The van der Waals surface area contributed by atoms with Crippen molar-refractivity contribution < 1.29 is 15.0 Å². The minimum Gasteiger partial charge on any atom is -0.478 e. The SMILES string of the molecule is Cc1cc(NCCCC(C)O)ccc1C(=O)O. The summed E-state index contributed by atoms with van der Waals surface area (Å²) < 4.78 is 0. The van der Waals surface area contributed by atoms with Crippen LogP contribution in [0.4, 0.5) is 5.69 Å². The molecular formula is C13H19NO3. The lowest BCUT2D eigenvalue weighted by molar-refractivity contribution is 0.0696. The van der Waals surface area contributed by atoms with Gasteiger partial charge in [0.05, 0.1) is 11.7 Å². The number of hydrogen-bond donors (Lipinski definition) is 3. The number of hydrogen-bond acceptors (Lipinski definition) is 3. The van der Waals surface area contributed by atoms with Crippen LogP contribution >= 0.6 is 0 Å². The van der Waals surface area contributed by atoms with Crippen LogP contribution in [0.5, 0.6) is 0 Å². The summed E-state index contributed by atoms with van der Waals surface area (Å²) >= 11 is 0. The molecule has 0 fully saturated rings. The zero-order chi connectivity index (χ0) is 12.8. The Kier molecular flexibility index (Phi) is 4.97. The van der Waals surface area contributed by atoms with Gasteiger partial charge in [-0.05, 0) is 50.5 Å². The molecule has 1 unspecified atom stereocenters. The minimum atomic E-state index is -0.900. The molecule has 4 nitrogen and oxygen atoms in total. The molecule has 0 aliphatic carbocycles. The number of rotatable bonds is 6. The molecule has 1 aromatic rings. The Bertz CT molecular complexity index is 388. The molecule has 0 aromatic heterocycles. The first kappa shape index (κ1) is 13.5. The fourth-order valence-electron chi connectivity index (χ4n) is 1.64. The van der Waals surface area contributed by atoms with E-state index >= 15 is 0 Å². The zero-order valence-electron chi connectivity index (χ0n) is 10.2. The number of anilines is 1. The van der Waals surface area contributed by atoms with Crippen LogP contribution in [0.2, 0.25) is 0 Å². The van der Waals surface area contributed by atoms with Gasteiger partial charge in [-0.3, -0.25) is 0 Å². The van der Waals surface area contributed by atoms with Crippen LogP contribution in [-0.2, 0) is 0 Å². The van der Waals surface area contributed by atoms with Crippen LogP contribution in [0.1, 0.15) is 35.7 Å². The highest BCUT2D eigenvalue weighted by Crippen LogP contribution is 2.15. The molecule has 0 aliphatic heterocycles. The number of carbonyl (C=O) groups is 1. The fourth-order valence-corrected chi connectivity index (χ4v) is 1.64. The monoisotopic (exact) mass is 237 g/mol. The van der Waals surface area contributed by atoms with Crippen molar-refractivity contribution in [3.63, 3.8) is 0 Å². The Morgan fingerprint density at radius 3 is 2.71 bits per heavy atom. The van der Waals surface area contributed by atoms with Crippen molar-refractivity contribution in [1.29, 1.82) is 0 Å². The van der Waals surface area contributed by atoms with E-state index in [1.807, 2.05) is 6.07 Å². The molecule has 94 valence electrons. The Morgan fingerprint density at radius 2 is 2.18 bits per heavy atom. The average Bonchev–Trinajstić information content (AvgIpc) is 2.23. The van der Waals surface area contributed by atoms with Gasteiger partial charge in [-0.2, -0.15) is 0 Å². The second-order valence-corrected chi connectivity index (χ2v) is 4.25. The second-order valence-electron chi connectivity index (χ2n) is 4.25. The third-order valence-corrected chi connectivity index (χ3v) is 2.58. The first-order valence-electron chi connectivity index (χ1n) is 5.76. The van der Waals surface area contributed by atoms with Gasteiger partial charge >= 0.3 is 5.97 Å². The molecule has 1 rings (SSSR count). The van der Waals surface area contributed by atoms with Gasteiger partial charge < -0.3 is 15.5 Å². The van der Waals surface area contributed by atoms with Gasteiger partial charge in [0.25, 0.3) is 0 Å². The normalized spacial score (nSPS) is 12.2. The van der Waals surface area contributed by atoms with Crippen molar-refractivity contribution in [1.82, 2.24) is 0 Å². The molecule has 0 saturated carbocycles. The predicted molar refractivity (Wildman–Crippen MR) is 67.5 cm³/mol. The Hall–Kier alpha value is -1.55. The minimum absolute atomic E-state index is 0.270. The number of aryl methyl sites for hydroxylation is 1. The van der Waals surface area contributed by atoms with E-state index in [0.717, 1.165) is 30.6 Å². The van der Waals surface area contributed by atoms with Crippen LogP contribution in [0, 0.1) is 6.92 Å². The standard InChI is InChI=1S/C13H19NO3/c1-9-8-11(5-6-12(9)13(16)17)14-7-3-4-10(2)15/h5-6,8,10,14-15H,3-4,7H2,1-2H3,(H,16,17). The molecule has 4 heteroatoms. The van der Waals surface area contributed by atoms with E-state index in [4.69, 9.17) is 10.2 Å². The number of aliphatic hydroxyl groups excluding tert-OH is 1. The summed E-state index contributed by atoms with van der Waals surface area (Å²) in [5.41, 5.74) is 2.00. The van der Waals surface area contributed by atoms with Crippen LogP contribution in [0.3, 0.4) is 0 Å². The van der Waals surface area contributed by atoms with Crippen molar-refractivity contribution in [2.45, 2.75) is 32.8 Å². The zero-order valence-corrected chi connectivity index (χ0v) is 10.2. The van der Waals surface area contributed by atoms with E-state index in [1.165, 1.54) is 0 Å². The molecule has 1 aromatic carbocycles. The van der Waals surface area contributed by atoms with Crippen molar-refractivity contribution in [3.05, 3.63) is 29.3 Å². The molecule has 3 N–H and O–H groups in total. The van der Waals surface area contributed by atoms with Gasteiger partial charge in [-0.25, -0.2) is 4.79 Å². The van der Waals surface area contributed by atoms with Crippen LogP contribution in [0.25, 0.3) is 0 Å². The molecule has 0 bridgehead atoms. The summed E-state index contributed by atoms with van der Waals surface area (Å²) in [5.74, 6) is -0.900. The number of aromatic carboxylic acids is 1. The lowest BCUT2D eigenvalue weighted by Gasteiger charge is -2.09. The lowest BCUT2D eigenvalue weighted by Crippen LogP contribution is -2.07. The fraction of sp³-hybridized carbons (Fsp3) is 0.462. The average molecular weight is 237 g/mol. The topological polar surface area (TPSA) is 69.6 Å². The third kappa shape index (κ3) is 4.44. The summed E-state index contributed by atoms with van der Waals surface area (Å²) in [5, 5.41) is 21.2. The van der Waals surface area contributed by atoms with Gasteiger partial charge in [0, 0.05) is 12.2 Å². The van der Waals surface area contributed by atoms with Crippen LogP contribution in [0.15, 0.2) is 18.2 Å². The highest BCUT2D eigenvalue weighted by atomic mass is 16.4. The summed E-state index contributed by atoms with van der Waals surface area (Å²) in [7, 11) is 0. The quantitative estimate of drug-likeness (QED) is 0.664. The van der Waals surface area contributed by atoms with E-state index in [0.29, 0.717) is 5.56 Å². The third-order valence-electron chi connectivity index (χ3n) is 2.58.